The average Bonchev–Trinajstić information content (AvgIpc) is 2.52. The molecule has 1 saturated carbocycles. The van der Waals surface area contributed by atoms with Crippen LogP contribution in [0.15, 0.2) is 30.3 Å². The topological polar surface area (TPSA) is 24.1 Å². The minimum atomic E-state index is 0.338. The lowest BCUT2D eigenvalue weighted by Crippen LogP contribution is -2.49. The molecule has 1 saturated heterocycles. The third-order valence-corrected chi connectivity index (χ3v) is 6.07. The Kier molecular flexibility index (Phi) is 4.66. The molecule has 0 unspecified atom stereocenters. The zero-order chi connectivity index (χ0) is 14.6. The van der Waals surface area contributed by atoms with Gasteiger partial charge in [0.05, 0.1) is 0 Å². The Morgan fingerprint density at radius 3 is 2.29 bits per heavy atom. The van der Waals surface area contributed by atoms with Crippen LogP contribution in [0.5, 0.6) is 0 Å². The highest BCUT2D eigenvalue weighted by molar-refractivity contribution is 5.27. The van der Waals surface area contributed by atoms with E-state index in [2.05, 4.69) is 47.9 Å². The molecule has 116 valence electrons. The van der Waals surface area contributed by atoms with Gasteiger partial charge in [0.25, 0.3) is 0 Å². The summed E-state index contributed by atoms with van der Waals surface area (Å²) in [6.07, 6.45) is 8.13. The molecule has 2 fully saturated rings. The second-order valence-corrected chi connectivity index (χ2v) is 7.21. The highest BCUT2D eigenvalue weighted by Gasteiger charge is 2.37. The van der Waals surface area contributed by atoms with Crippen molar-refractivity contribution in [2.75, 3.05) is 26.2 Å². The molecule has 1 aliphatic carbocycles. The molecule has 1 aromatic carbocycles. The van der Waals surface area contributed by atoms with Crippen molar-refractivity contribution in [1.82, 2.24) is 10.6 Å². The molecule has 0 atom stereocenters. The predicted octanol–water partition coefficient (Wildman–Crippen LogP) is 3.48. The molecule has 1 aliphatic heterocycles. The van der Waals surface area contributed by atoms with Gasteiger partial charge in [0.1, 0.15) is 0 Å². The molecule has 0 spiro atoms. The maximum atomic E-state index is 3.86. The quantitative estimate of drug-likeness (QED) is 0.836. The first-order chi connectivity index (χ1) is 10.3. The summed E-state index contributed by atoms with van der Waals surface area (Å²) in [7, 11) is 0. The summed E-state index contributed by atoms with van der Waals surface area (Å²) in [6, 6.07) is 11.2. The van der Waals surface area contributed by atoms with Crippen molar-refractivity contribution in [1.29, 1.82) is 0 Å². The molecular formula is C19H30N2. The number of rotatable bonds is 6. The standard InChI is InChI=1S/C19H30N2/c1-2-18(9-6-10-18)15-21-16-19(11-13-20-14-12-19)17-7-4-3-5-8-17/h3-5,7-8,20-21H,2,6,9-16H2,1H3. The number of benzene rings is 1. The summed E-state index contributed by atoms with van der Waals surface area (Å²) in [4.78, 5) is 0. The van der Waals surface area contributed by atoms with E-state index in [1.807, 2.05) is 0 Å². The second-order valence-electron chi connectivity index (χ2n) is 7.21. The summed E-state index contributed by atoms with van der Waals surface area (Å²) in [5.41, 5.74) is 2.48. The molecule has 0 amide bonds. The number of nitrogens with one attached hydrogen (secondary N) is 2. The van der Waals surface area contributed by atoms with Crippen LogP contribution in [-0.4, -0.2) is 26.2 Å². The first-order valence-electron chi connectivity index (χ1n) is 8.76. The van der Waals surface area contributed by atoms with E-state index in [-0.39, 0.29) is 0 Å². The van der Waals surface area contributed by atoms with Crippen molar-refractivity contribution < 1.29 is 0 Å². The number of piperidine rings is 1. The SMILES string of the molecule is CCC1(CNCC2(c3ccccc3)CCNCC2)CCC1. The van der Waals surface area contributed by atoms with Gasteiger partial charge in [0.2, 0.25) is 0 Å². The van der Waals surface area contributed by atoms with Gasteiger partial charge in [-0.15, -0.1) is 0 Å². The Labute approximate surface area is 129 Å². The summed E-state index contributed by atoms with van der Waals surface area (Å²) >= 11 is 0. The van der Waals surface area contributed by atoms with Crippen LogP contribution in [0.3, 0.4) is 0 Å². The van der Waals surface area contributed by atoms with Gasteiger partial charge >= 0.3 is 0 Å². The summed E-state index contributed by atoms with van der Waals surface area (Å²) < 4.78 is 0. The Balaban J connectivity index is 1.66. The fourth-order valence-corrected chi connectivity index (χ4v) is 4.16. The minimum absolute atomic E-state index is 0.338. The van der Waals surface area contributed by atoms with Gasteiger partial charge < -0.3 is 10.6 Å². The third-order valence-electron chi connectivity index (χ3n) is 6.07. The predicted molar refractivity (Wildman–Crippen MR) is 89.7 cm³/mol. The van der Waals surface area contributed by atoms with Crippen LogP contribution in [0.4, 0.5) is 0 Å². The van der Waals surface area contributed by atoms with Crippen LogP contribution in [0.1, 0.15) is 51.0 Å². The van der Waals surface area contributed by atoms with E-state index in [0.29, 0.717) is 10.8 Å². The van der Waals surface area contributed by atoms with Gasteiger partial charge in [0, 0.05) is 18.5 Å². The Morgan fingerprint density at radius 1 is 1.00 bits per heavy atom. The van der Waals surface area contributed by atoms with E-state index >= 15 is 0 Å². The lowest BCUT2D eigenvalue weighted by Gasteiger charge is -2.44. The first-order valence-corrected chi connectivity index (χ1v) is 8.76. The Hall–Kier alpha value is -0.860. The lowest BCUT2D eigenvalue weighted by molar-refractivity contribution is 0.119. The normalized spacial score (nSPS) is 23.5. The molecule has 1 aromatic rings. The van der Waals surface area contributed by atoms with Crippen molar-refractivity contribution in [2.45, 2.75) is 50.9 Å². The van der Waals surface area contributed by atoms with Crippen molar-refractivity contribution >= 4 is 0 Å². The van der Waals surface area contributed by atoms with Crippen LogP contribution >= 0.6 is 0 Å². The molecule has 2 aliphatic rings. The van der Waals surface area contributed by atoms with Crippen LogP contribution in [0, 0.1) is 5.41 Å². The second kappa shape index (κ2) is 6.50. The van der Waals surface area contributed by atoms with Crippen molar-refractivity contribution in [3.05, 3.63) is 35.9 Å². The van der Waals surface area contributed by atoms with E-state index in [0.717, 1.165) is 19.6 Å². The van der Waals surface area contributed by atoms with E-state index in [1.54, 1.807) is 0 Å². The number of hydrogen-bond donors (Lipinski definition) is 2. The van der Waals surface area contributed by atoms with Gasteiger partial charge in [-0.3, -0.25) is 0 Å². The smallest absolute Gasteiger partial charge is 0.0102 e. The monoisotopic (exact) mass is 286 g/mol. The maximum Gasteiger partial charge on any atom is 0.0102 e. The van der Waals surface area contributed by atoms with Crippen molar-refractivity contribution in [2.24, 2.45) is 5.41 Å². The Bertz CT molecular complexity index is 425. The number of hydrogen-bond acceptors (Lipinski definition) is 2. The van der Waals surface area contributed by atoms with Crippen LogP contribution in [-0.2, 0) is 5.41 Å². The van der Waals surface area contributed by atoms with E-state index in [9.17, 15) is 0 Å². The van der Waals surface area contributed by atoms with Gasteiger partial charge in [-0.2, -0.15) is 0 Å². The fraction of sp³-hybridized carbons (Fsp3) is 0.684. The summed E-state index contributed by atoms with van der Waals surface area (Å²) in [5, 5.41) is 7.38. The van der Waals surface area contributed by atoms with Gasteiger partial charge in [-0.25, -0.2) is 0 Å². The molecule has 2 heteroatoms. The Morgan fingerprint density at radius 2 is 1.71 bits per heavy atom. The third kappa shape index (κ3) is 3.17. The molecule has 0 aromatic heterocycles. The van der Waals surface area contributed by atoms with Crippen LogP contribution in [0.25, 0.3) is 0 Å². The zero-order valence-electron chi connectivity index (χ0n) is 13.5. The first kappa shape index (κ1) is 15.1. The average molecular weight is 286 g/mol. The summed E-state index contributed by atoms with van der Waals surface area (Å²) in [6.45, 7) is 7.01. The molecular weight excluding hydrogens is 256 g/mol. The molecule has 2 N–H and O–H groups in total. The van der Waals surface area contributed by atoms with E-state index < -0.39 is 0 Å². The largest absolute Gasteiger partial charge is 0.317 e. The lowest BCUT2D eigenvalue weighted by atomic mass is 9.66. The molecule has 3 rings (SSSR count). The zero-order valence-corrected chi connectivity index (χ0v) is 13.5. The maximum absolute atomic E-state index is 3.86. The van der Waals surface area contributed by atoms with E-state index in [1.165, 1.54) is 50.6 Å². The minimum Gasteiger partial charge on any atom is -0.317 e. The van der Waals surface area contributed by atoms with Gasteiger partial charge in [0.15, 0.2) is 0 Å². The van der Waals surface area contributed by atoms with Crippen molar-refractivity contribution in [3.63, 3.8) is 0 Å². The van der Waals surface area contributed by atoms with Crippen LogP contribution < -0.4 is 10.6 Å². The fourth-order valence-electron chi connectivity index (χ4n) is 4.16. The molecule has 21 heavy (non-hydrogen) atoms. The van der Waals surface area contributed by atoms with E-state index in [4.69, 9.17) is 0 Å². The van der Waals surface area contributed by atoms with Crippen molar-refractivity contribution in [3.8, 4) is 0 Å². The van der Waals surface area contributed by atoms with Crippen LogP contribution in [0.2, 0.25) is 0 Å². The highest BCUT2D eigenvalue weighted by atomic mass is 14.9. The summed E-state index contributed by atoms with van der Waals surface area (Å²) in [5.74, 6) is 0. The van der Waals surface area contributed by atoms with Gasteiger partial charge in [-0.1, -0.05) is 43.7 Å². The molecule has 1 heterocycles. The molecule has 0 bridgehead atoms. The highest BCUT2D eigenvalue weighted by Crippen LogP contribution is 2.43. The molecule has 0 radical (unpaired) electrons. The van der Waals surface area contributed by atoms with Gasteiger partial charge in [-0.05, 0) is 56.2 Å². The molecule has 2 nitrogen and oxygen atoms in total.